The summed E-state index contributed by atoms with van der Waals surface area (Å²) < 4.78 is 5.44. The fourth-order valence-electron chi connectivity index (χ4n) is 2.77. The molecule has 144 valence electrons. The highest BCUT2D eigenvalue weighted by atomic mass is 16.5. The van der Waals surface area contributed by atoms with E-state index in [1.54, 1.807) is 6.07 Å². The van der Waals surface area contributed by atoms with Gasteiger partial charge in [0.2, 0.25) is 5.95 Å². The zero-order chi connectivity index (χ0) is 19.9. The highest BCUT2D eigenvalue weighted by Crippen LogP contribution is 2.18. The molecule has 28 heavy (non-hydrogen) atoms. The van der Waals surface area contributed by atoms with E-state index in [0.29, 0.717) is 30.5 Å². The molecule has 0 aliphatic carbocycles. The van der Waals surface area contributed by atoms with Crippen LogP contribution in [0.25, 0.3) is 0 Å². The van der Waals surface area contributed by atoms with Crippen LogP contribution in [-0.4, -0.2) is 22.5 Å². The first-order valence-corrected chi connectivity index (χ1v) is 9.23. The minimum absolute atomic E-state index is 0.234. The first kappa shape index (κ1) is 19.4. The third-order valence-corrected chi connectivity index (χ3v) is 4.04. The number of anilines is 2. The molecule has 0 unspecified atom stereocenters. The Hall–Kier alpha value is -3.41. The summed E-state index contributed by atoms with van der Waals surface area (Å²) in [7, 11) is 0. The first-order valence-electron chi connectivity index (χ1n) is 9.23. The summed E-state index contributed by atoms with van der Waals surface area (Å²) in [5.41, 5.74) is 4.07. The van der Waals surface area contributed by atoms with Crippen LogP contribution in [-0.2, 0) is 6.54 Å². The number of hydrogen-bond donors (Lipinski definition) is 2. The molecule has 1 aromatic heterocycles. The van der Waals surface area contributed by atoms with Gasteiger partial charge in [0.05, 0.1) is 6.61 Å². The van der Waals surface area contributed by atoms with Crippen molar-refractivity contribution in [1.82, 2.24) is 15.3 Å². The van der Waals surface area contributed by atoms with Crippen molar-refractivity contribution in [2.45, 2.75) is 27.3 Å². The molecule has 6 nitrogen and oxygen atoms in total. The minimum atomic E-state index is -0.234. The number of hydrogen-bond acceptors (Lipinski definition) is 5. The summed E-state index contributed by atoms with van der Waals surface area (Å²) in [5, 5.41) is 6.04. The number of carbonyl (C=O) groups is 1. The van der Waals surface area contributed by atoms with Crippen molar-refractivity contribution in [3.05, 3.63) is 77.1 Å². The molecule has 0 spiro atoms. The molecule has 0 fully saturated rings. The van der Waals surface area contributed by atoms with Crippen LogP contribution in [0.3, 0.4) is 0 Å². The van der Waals surface area contributed by atoms with Crippen molar-refractivity contribution in [2.24, 2.45) is 0 Å². The van der Waals surface area contributed by atoms with E-state index in [4.69, 9.17) is 4.74 Å². The quantitative estimate of drug-likeness (QED) is 0.647. The highest BCUT2D eigenvalue weighted by Gasteiger charge is 2.11. The summed E-state index contributed by atoms with van der Waals surface area (Å²) in [5.74, 6) is 0.945. The van der Waals surface area contributed by atoms with Gasteiger partial charge in [0.25, 0.3) is 5.91 Å². The van der Waals surface area contributed by atoms with Gasteiger partial charge >= 0.3 is 0 Å². The van der Waals surface area contributed by atoms with Crippen molar-refractivity contribution in [2.75, 3.05) is 11.9 Å². The number of nitrogens with one attached hydrogen (secondary N) is 2. The number of aromatic nitrogens is 2. The number of ether oxygens (including phenoxy) is 1. The lowest BCUT2D eigenvalue weighted by atomic mass is 10.1. The Morgan fingerprint density at radius 3 is 2.54 bits per heavy atom. The van der Waals surface area contributed by atoms with E-state index in [-0.39, 0.29) is 5.91 Å². The van der Waals surface area contributed by atoms with Crippen LogP contribution in [0.2, 0.25) is 0 Å². The summed E-state index contributed by atoms with van der Waals surface area (Å²) >= 11 is 0. The SMILES string of the molecule is CCOc1ccc(Nc2nc(C)cc(C(=O)NCc3cccc(C)c3)n2)cc1. The molecule has 6 heteroatoms. The molecular weight excluding hydrogens is 352 g/mol. The van der Waals surface area contributed by atoms with Crippen LogP contribution in [0.5, 0.6) is 5.75 Å². The Morgan fingerprint density at radius 1 is 1.04 bits per heavy atom. The molecule has 3 aromatic rings. The predicted molar refractivity (Wildman–Crippen MR) is 110 cm³/mol. The zero-order valence-corrected chi connectivity index (χ0v) is 16.3. The second-order valence-corrected chi connectivity index (χ2v) is 6.47. The molecule has 0 bridgehead atoms. The molecule has 1 amide bonds. The van der Waals surface area contributed by atoms with Crippen LogP contribution in [0, 0.1) is 13.8 Å². The Kier molecular flexibility index (Phi) is 6.22. The molecule has 2 aromatic carbocycles. The summed E-state index contributed by atoms with van der Waals surface area (Å²) in [4.78, 5) is 21.2. The summed E-state index contributed by atoms with van der Waals surface area (Å²) in [6.07, 6.45) is 0. The standard InChI is InChI=1S/C22H24N4O2/c1-4-28-19-10-8-18(9-11-19)25-22-24-16(3)13-20(26-22)21(27)23-14-17-7-5-6-15(2)12-17/h5-13H,4,14H2,1-3H3,(H,23,27)(H,24,25,26). The van der Waals surface area contributed by atoms with Gasteiger partial charge in [-0.15, -0.1) is 0 Å². The molecule has 0 radical (unpaired) electrons. The smallest absolute Gasteiger partial charge is 0.270 e. The lowest BCUT2D eigenvalue weighted by Gasteiger charge is -2.10. The number of benzene rings is 2. The average Bonchev–Trinajstić information content (AvgIpc) is 2.67. The predicted octanol–water partition coefficient (Wildman–Crippen LogP) is 4.17. The van der Waals surface area contributed by atoms with Crippen molar-refractivity contribution in [3.8, 4) is 5.75 Å². The molecule has 0 saturated heterocycles. The topological polar surface area (TPSA) is 76.1 Å². The maximum atomic E-state index is 12.5. The summed E-state index contributed by atoms with van der Waals surface area (Å²) in [6, 6.07) is 17.2. The van der Waals surface area contributed by atoms with Crippen LogP contribution in [0.1, 0.15) is 34.2 Å². The maximum absolute atomic E-state index is 12.5. The largest absolute Gasteiger partial charge is 0.494 e. The van der Waals surface area contributed by atoms with Gasteiger partial charge in [0.15, 0.2) is 0 Å². The van der Waals surface area contributed by atoms with Crippen molar-refractivity contribution >= 4 is 17.5 Å². The molecule has 0 atom stereocenters. The van der Waals surface area contributed by atoms with Gasteiger partial charge in [-0.25, -0.2) is 9.97 Å². The van der Waals surface area contributed by atoms with E-state index in [2.05, 4.69) is 20.6 Å². The van der Waals surface area contributed by atoms with E-state index in [1.807, 2.05) is 69.3 Å². The maximum Gasteiger partial charge on any atom is 0.270 e. The highest BCUT2D eigenvalue weighted by molar-refractivity contribution is 5.92. The van der Waals surface area contributed by atoms with Crippen LogP contribution >= 0.6 is 0 Å². The molecule has 1 heterocycles. The second-order valence-electron chi connectivity index (χ2n) is 6.47. The molecular formula is C22H24N4O2. The Bertz CT molecular complexity index is 955. The van der Waals surface area contributed by atoms with E-state index >= 15 is 0 Å². The van der Waals surface area contributed by atoms with E-state index in [0.717, 1.165) is 22.6 Å². The van der Waals surface area contributed by atoms with E-state index in [1.165, 1.54) is 0 Å². The van der Waals surface area contributed by atoms with Gasteiger partial charge < -0.3 is 15.4 Å². The van der Waals surface area contributed by atoms with Crippen molar-refractivity contribution in [3.63, 3.8) is 0 Å². The molecule has 0 saturated carbocycles. The number of carbonyl (C=O) groups excluding carboxylic acids is 1. The third kappa shape index (κ3) is 5.30. The molecule has 3 rings (SSSR count). The molecule has 0 aliphatic rings. The van der Waals surface area contributed by atoms with Crippen LogP contribution in [0.4, 0.5) is 11.6 Å². The van der Waals surface area contributed by atoms with Gasteiger partial charge in [0, 0.05) is 17.9 Å². The lowest BCUT2D eigenvalue weighted by molar-refractivity contribution is 0.0945. The van der Waals surface area contributed by atoms with Crippen molar-refractivity contribution in [1.29, 1.82) is 0 Å². The monoisotopic (exact) mass is 376 g/mol. The first-order chi connectivity index (χ1) is 13.5. The van der Waals surface area contributed by atoms with Crippen LogP contribution in [0.15, 0.2) is 54.6 Å². The number of amides is 1. The fourth-order valence-corrected chi connectivity index (χ4v) is 2.77. The van der Waals surface area contributed by atoms with Gasteiger partial charge in [-0.2, -0.15) is 0 Å². The number of aryl methyl sites for hydroxylation is 2. The normalized spacial score (nSPS) is 10.4. The third-order valence-electron chi connectivity index (χ3n) is 4.04. The fraction of sp³-hybridized carbons (Fsp3) is 0.227. The Balaban J connectivity index is 1.68. The Morgan fingerprint density at radius 2 is 1.82 bits per heavy atom. The van der Waals surface area contributed by atoms with Crippen molar-refractivity contribution < 1.29 is 9.53 Å². The average molecular weight is 376 g/mol. The van der Waals surface area contributed by atoms with E-state index in [9.17, 15) is 4.79 Å². The zero-order valence-electron chi connectivity index (χ0n) is 16.3. The number of rotatable bonds is 7. The minimum Gasteiger partial charge on any atom is -0.494 e. The van der Waals surface area contributed by atoms with E-state index < -0.39 is 0 Å². The van der Waals surface area contributed by atoms with Gasteiger partial charge in [0.1, 0.15) is 11.4 Å². The number of nitrogens with zero attached hydrogens (tertiary/aromatic N) is 2. The summed E-state index contributed by atoms with van der Waals surface area (Å²) in [6.45, 7) is 6.87. The second kappa shape index (κ2) is 8.99. The Labute approximate surface area is 165 Å². The van der Waals surface area contributed by atoms with Gasteiger partial charge in [-0.1, -0.05) is 29.8 Å². The van der Waals surface area contributed by atoms with Gasteiger partial charge in [-0.05, 0) is 56.7 Å². The van der Waals surface area contributed by atoms with Gasteiger partial charge in [-0.3, -0.25) is 4.79 Å². The van der Waals surface area contributed by atoms with Crippen LogP contribution < -0.4 is 15.4 Å². The molecule has 0 aliphatic heterocycles. The lowest BCUT2D eigenvalue weighted by Crippen LogP contribution is -2.24. The molecule has 2 N–H and O–H groups in total.